The van der Waals surface area contributed by atoms with E-state index in [1.165, 1.54) is 10.4 Å². The minimum Gasteiger partial charge on any atom is -0.333 e. The van der Waals surface area contributed by atoms with Crippen LogP contribution < -0.4 is 5.32 Å². The number of nitrogens with one attached hydrogen (secondary N) is 1. The van der Waals surface area contributed by atoms with Crippen LogP contribution in [0.1, 0.15) is 40.4 Å². The lowest BCUT2D eigenvalue weighted by Gasteiger charge is -2.20. The fourth-order valence-electron chi connectivity index (χ4n) is 1.77. The number of hydrogen-bond acceptors (Lipinski definition) is 4. The standard InChI is InChI=1S/C13H16N2OS2/c1-3-13(2,8-14)15-12(16)11-6-9-7-17-5-4-10(9)18-11/h6H,3-5,7H2,1-2H3,(H,15,16). The Morgan fingerprint density at radius 1 is 1.67 bits per heavy atom. The van der Waals surface area contributed by atoms with Crippen LogP contribution in [-0.2, 0) is 12.2 Å². The van der Waals surface area contributed by atoms with Crippen LogP contribution in [0.25, 0.3) is 0 Å². The first-order valence-corrected chi connectivity index (χ1v) is 7.98. The third-order valence-corrected chi connectivity index (χ3v) is 5.44. The summed E-state index contributed by atoms with van der Waals surface area (Å²) in [4.78, 5) is 14.2. The molecule has 1 aromatic rings. The van der Waals surface area contributed by atoms with Crippen molar-refractivity contribution in [1.82, 2.24) is 5.32 Å². The molecular weight excluding hydrogens is 264 g/mol. The number of carbonyl (C=O) groups is 1. The Morgan fingerprint density at radius 3 is 3.06 bits per heavy atom. The number of hydrogen-bond donors (Lipinski definition) is 1. The first-order valence-electron chi connectivity index (χ1n) is 6.01. The number of rotatable bonds is 3. The van der Waals surface area contributed by atoms with Gasteiger partial charge >= 0.3 is 0 Å². The Labute approximate surface area is 116 Å². The zero-order valence-corrected chi connectivity index (χ0v) is 12.2. The molecule has 18 heavy (non-hydrogen) atoms. The second-order valence-electron chi connectivity index (χ2n) is 4.61. The summed E-state index contributed by atoms with van der Waals surface area (Å²) < 4.78 is 0. The number of thiophene rings is 1. The summed E-state index contributed by atoms with van der Waals surface area (Å²) in [6.45, 7) is 3.66. The van der Waals surface area contributed by atoms with Gasteiger partial charge in [0.05, 0.1) is 10.9 Å². The van der Waals surface area contributed by atoms with Crippen LogP contribution in [0.15, 0.2) is 6.07 Å². The molecule has 1 aromatic heterocycles. The van der Waals surface area contributed by atoms with E-state index in [9.17, 15) is 4.79 Å². The monoisotopic (exact) mass is 280 g/mol. The molecule has 0 saturated heterocycles. The van der Waals surface area contributed by atoms with Crippen LogP contribution in [-0.4, -0.2) is 17.2 Å². The largest absolute Gasteiger partial charge is 0.333 e. The Bertz CT molecular complexity index is 480. The molecular formula is C13H16N2OS2. The smallest absolute Gasteiger partial charge is 0.262 e. The van der Waals surface area contributed by atoms with Crippen LogP contribution in [0, 0.1) is 11.3 Å². The molecule has 96 valence electrons. The van der Waals surface area contributed by atoms with Gasteiger partial charge in [-0.2, -0.15) is 17.0 Å². The number of amides is 1. The van der Waals surface area contributed by atoms with Gasteiger partial charge in [-0.3, -0.25) is 4.79 Å². The van der Waals surface area contributed by atoms with Crippen molar-refractivity contribution in [2.24, 2.45) is 0 Å². The number of carbonyl (C=O) groups excluding carboxylic acids is 1. The van der Waals surface area contributed by atoms with E-state index in [1.807, 2.05) is 24.8 Å². The van der Waals surface area contributed by atoms with Crippen molar-refractivity contribution in [1.29, 1.82) is 5.26 Å². The van der Waals surface area contributed by atoms with E-state index in [1.54, 1.807) is 18.3 Å². The van der Waals surface area contributed by atoms with Crippen molar-refractivity contribution in [3.63, 3.8) is 0 Å². The van der Waals surface area contributed by atoms with Gasteiger partial charge in [0.25, 0.3) is 5.91 Å². The molecule has 5 heteroatoms. The average Bonchev–Trinajstić information content (AvgIpc) is 2.82. The van der Waals surface area contributed by atoms with Gasteiger partial charge in [-0.15, -0.1) is 11.3 Å². The van der Waals surface area contributed by atoms with E-state index in [2.05, 4.69) is 11.4 Å². The van der Waals surface area contributed by atoms with Crippen LogP contribution >= 0.6 is 23.1 Å². The van der Waals surface area contributed by atoms with Gasteiger partial charge in [0.2, 0.25) is 0 Å². The maximum absolute atomic E-state index is 12.1. The number of nitriles is 1. The van der Waals surface area contributed by atoms with E-state index in [4.69, 9.17) is 5.26 Å². The van der Waals surface area contributed by atoms with Crippen molar-refractivity contribution in [3.8, 4) is 6.07 Å². The molecule has 0 aliphatic carbocycles. The van der Waals surface area contributed by atoms with Crippen molar-refractivity contribution in [3.05, 3.63) is 21.4 Å². The third-order valence-electron chi connectivity index (χ3n) is 3.19. The quantitative estimate of drug-likeness (QED) is 0.926. The van der Waals surface area contributed by atoms with E-state index < -0.39 is 5.54 Å². The maximum Gasteiger partial charge on any atom is 0.262 e. The van der Waals surface area contributed by atoms with Crippen LogP contribution in [0.5, 0.6) is 0 Å². The van der Waals surface area contributed by atoms with E-state index in [0.29, 0.717) is 6.42 Å². The summed E-state index contributed by atoms with van der Waals surface area (Å²) in [6, 6.07) is 4.14. The predicted molar refractivity (Wildman–Crippen MR) is 76.0 cm³/mol. The normalized spacial score (nSPS) is 17.4. The van der Waals surface area contributed by atoms with Gasteiger partial charge < -0.3 is 5.32 Å². The van der Waals surface area contributed by atoms with Crippen LogP contribution in [0.4, 0.5) is 0 Å². The maximum atomic E-state index is 12.1. The average molecular weight is 280 g/mol. The summed E-state index contributed by atoms with van der Waals surface area (Å²) in [7, 11) is 0. The van der Waals surface area contributed by atoms with Crippen LogP contribution in [0.3, 0.4) is 0 Å². The second-order valence-corrected chi connectivity index (χ2v) is 6.86. The lowest BCUT2D eigenvalue weighted by Crippen LogP contribution is -2.44. The van der Waals surface area contributed by atoms with Gasteiger partial charge in [0, 0.05) is 10.6 Å². The topological polar surface area (TPSA) is 52.9 Å². The summed E-state index contributed by atoms with van der Waals surface area (Å²) in [5.74, 6) is 2.02. The number of fused-ring (bicyclic) bond motifs is 1. The highest BCUT2D eigenvalue weighted by Crippen LogP contribution is 2.31. The molecule has 0 saturated carbocycles. The highest BCUT2D eigenvalue weighted by atomic mass is 32.2. The number of nitrogens with zero attached hydrogens (tertiary/aromatic N) is 1. The molecule has 0 spiro atoms. The fourth-order valence-corrected chi connectivity index (χ4v) is 4.03. The molecule has 0 aromatic carbocycles. The molecule has 1 unspecified atom stereocenters. The SMILES string of the molecule is CCC(C)(C#N)NC(=O)c1cc2c(s1)CCSC2. The molecule has 2 heterocycles. The van der Waals surface area contributed by atoms with Gasteiger partial charge in [-0.05, 0) is 37.1 Å². The Balaban J connectivity index is 2.15. The molecule has 0 radical (unpaired) electrons. The molecule has 1 aliphatic heterocycles. The van der Waals surface area contributed by atoms with Gasteiger partial charge in [0.15, 0.2) is 0 Å². The van der Waals surface area contributed by atoms with Gasteiger partial charge in [-0.25, -0.2) is 0 Å². The predicted octanol–water partition coefficient (Wildman–Crippen LogP) is 2.96. The Hall–Kier alpha value is -0.990. The van der Waals surface area contributed by atoms with Crippen LogP contribution in [0.2, 0.25) is 0 Å². The van der Waals surface area contributed by atoms with E-state index in [0.717, 1.165) is 22.8 Å². The van der Waals surface area contributed by atoms with Crippen molar-refractivity contribution < 1.29 is 4.79 Å². The van der Waals surface area contributed by atoms with Gasteiger partial charge in [-0.1, -0.05) is 6.92 Å². The number of thioether (sulfide) groups is 1. The molecule has 1 aliphatic rings. The van der Waals surface area contributed by atoms with Gasteiger partial charge in [0.1, 0.15) is 5.54 Å². The second kappa shape index (κ2) is 5.33. The molecule has 2 rings (SSSR count). The van der Waals surface area contributed by atoms with Crippen molar-refractivity contribution in [2.75, 3.05) is 5.75 Å². The molecule has 1 atom stereocenters. The van der Waals surface area contributed by atoms with E-state index >= 15 is 0 Å². The lowest BCUT2D eigenvalue weighted by molar-refractivity contribution is 0.0927. The fraction of sp³-hybridized carbons (Fsp3) is 0.538. The first-order chi connectivity index (χ1) is 8.58. The minimum absolute atomic E-state index is 0.120. The number of aryl methyl sites for hydroxylation is 1. The molecule has 3 nitrogen and oxygen atoms in total. The molecule has 0 bridgehead atoms. The molecule has 0 fully saturated rings. The zero-order chi connectivity index (χ0) is 13.2. The molecule has 1 amide bonds. The molecule has 1 N–H and O–H groups in total. The summed E-state index contributed by atoms with van der Waals surface area (Å²) >= 11 is 3.48. The highest BCUT2D eigenvalue weighted by molar-refractivity contribution is 7.98. The summed E-state index contributed by atoms with van der Waals surface area (Å²) in [6.07, 6.45) is 1.66. The van der Waals surface area contributed by atoms with Crippen molar-refractivity contribution >= 4 is 29.0 Å². The Kier molecular flexibility index (Phi) is 3.98. The first kappa shape index (κ1) is 13.4. The summed E-state index contributed by atoms with van der Waals surface area (Å²) in [5.41, 5.74) is 0.521. The van der Waals surface area contributed by atoms with E-state index in [-0.39, 0.29) is 5.91 Å². The lowest BCUT2D eigenvalue weighted by atomic mass is 10.0. The Morgan fingerprint density at radius 2 is 2.44 bits per heavy atom. The third kappa shape index (κ3) is 2.70. The summed E-state index contributed by atoms with van der Waals surface area (Å²) in [5, 5.41) is 11.9. The van der Waals surface area contributed by atoms with Crippen molar-refractivity contribution in [2.45, 2.75) is 38.0 Å². The zero-order valence-electron chi connectivity index (χ0n) is 10.6. The highest BCUT2D eigenvalue weighted by Gasteiger charge is 2.26. The minimum atomic E-state index is -0.768.